The summed E-state index contributed by atoms with van der Waals surface area (Å²) >= 11 is 0. The minimum Gasteiger partial charge on any atom is -0.494 e. The number of imidazole rings is 2. The van der Waals surface area contributed by atoms with Crippen LogP contribution in [0.5, 0.6) is 11.5 Å². The van der Waals surface area contributed by atoms with Crippen LogP contribution in [0.4, 0.5) is 11.9 Å². The highest BCUT2D eigenvalue weighted by Crippen LogP contribution is 2.39. The summed E-state index contributed by atoms with van der Waals surface area (Å²) in [5.74, 6) is -0.629. The van der Waals surface area contributed by atoms with Crippen molar-refractivity contribution in [3.8, 4) is 11.5 Å². The van der Waals surface area contributed by atoms with Gasteiger partial charge in [0.05, 0.1) is 35.6 Å². The Balaban J connectivity index is 1.18. The van der Waals surface area contributed by atoms with E-state index in [4.69, 9.17) is 30.9 Å². The van der Waals surface area contributed by atoms with Crippen molar-refractivity contribution in [2.75, 3.05) is 24.4 Å². The van der Waals surface area contributed by atoms with Gasteiger partial charge in [0.25, 0.3) is 11.8 Å². The van der Waals surface area contributed by atoms with Crippen LogP contribution < -0.4 is 31.6 Å². The molecule has 18 heteroatoms. The molecule has 7 rings (SSSR count). The fraction of sp³-hybridized carbons (Fsp3) is 0.351. The molecule has 5 heterocycles. The lowest BCUT2D eigenvalue weighted by Gasteiger charge is -2.27. The predicted octanol–water partition coefficient (Wildman–Crippen LogP) is 3.95. The van der Waals surface area contributed by atoms with Gasteiger partial charge in [-0.05, 0) is 83.4 Å². The van der Waals surface area contributed by atoms with Crippen LogP contribution in [0.2, 0.25) is 0 Å². The summed E-state index contributed by atoms with van der Waals surface area (Å²) < 4.78 is 18.9. The molecule has 6 aromatic rings. The van der Waals surface area contributed by atoms with E-state index in [1.54, 1.807) is 45.8 Å². The number of anilines is 2. The van der Waals surface area contributed by atoms with Crippen LogP contribution in [-0.2, 0) is 19.6 Å². The van der Waals surface area contributed by atoms with E-state index >= 15 is 0 Å². The van der Waals surface area contributed by atoms with Crippen molar-refractivity contribution in [1.82, 2.24) is 38.7 Å². The fourth-order valence-corrected chi connectivity index (χ4v) is 7.12. The molecule has 0 spiro atoms. The van der Waals surface area contributed by atoms with Crippen LogP contribution >= 0.6 is 0 Å². The summed E-state index contributed by atoms with van der Waals surface area (Å²) in [4.78, 5) is 60.8. The molecule has 55 heavy (non-hydrogen) atoms. The zero-order chi connectivity index (χ0) is 39.1. The van der Waals surface area contributed by atoms with E-state index < -0.39 is 11.8 Å². The molecule has 1 aliphatic rings. The number of aryl methyl sites for hydroxylation is 5. The van der Waals surface area contributed by atoms with Crippen LogP contribution in [-0.4, -0.2) is 76.0 Å². The van der Waals surface area contributed by atoms with Crippen molar-refractivity contribution < 1.29 is 28.7 Å². The van der Waals surface area contributed by atoms with Crippen molar-refractivity contribution in [3.05, 3.63) is 70.3 Å². The van der Waals surface area contributed by atoms with Crippen LogP contribution in [0.1, 0.15) is 92.2 Å². The Kier molecular flexibility index (Phi) is 9.72. The molecular weight excluding hydrogens is 708 g/mol. The lowest BCUT2D eigenvalue weighted by molar-refractivity contribution is 0.0991. The van der Waals surface area contributed by atoms with E-state index in [2.05, 4.69) is 20.8 Å². The highest BCUT2D eigenvalue weighted by atomic mass is 16.5. The second-order valence-electron chi connectivity index (χ2n) is 13.4. The third kappa shape index (κ3) is 6.81. The number of rotatable bonds is 14. The molecule has 1 aliphatic heterocycles. The summed E-state index contributed by atoms with van der Waals surface area (Å²) in [6, 6.07) is 9.49. The second kappa shape index (κ2) is 14.6. The maximum absolute atomic E-state index is 13.6. The smallest absolute Gasteiger partial charge is 0.276 e. The molecule has 0 radical (unpaired) electrons. The predicted molar refractivity (Wildman–Crippen MR) is 203 cm³/mol. The monoisotopic (exact) mass is 750 g/mol. The molecular formula is C37H42N12O6. The van der Waals surface area contributed by atoms with Gasteiger partial charge in [-0.1, -0.05) is 0 Å². The molecule has 4 amide bonds. The third-order valence-corrected chi connectivity index (χ3v) is 9.63. The van der Waals surface area contributed by atoms with Crippen LogP contribution in [0.15, 0.2) is 36.4 Å². The number of aromatic nitrogens is 8. The SMILES string of the molecule is CCn1nc(C)cc1C(=O)Nc1nc2cc(C(N)=O)cc(OC)c2n1CCCC[C@H]1COc2cc(C(N)=O)cc3nc(NC(=O)c4cc(C)nn4CC)n1c23. The van der Waals surface area contributed by atoms with Gasteiger partial charge < -0.3 is 30.1 Å². The molecule has 1 atom stereocenters. The van der Waals surface area contributed by atoms with Gasteiger partial charge in [-0.25, -0.2) is 9.97 Å². The number of carbonyl (C=O) groups excluding carboxylic acids is 4. The van der Waals surface area contributed by atoms with Crippen molar-refractivity contribution in [2.45, 2.75) is 72.6 Å². The number of ether oxygens (including phenoxy) is 2. The fourth-order valence-electron chi connectivity index (χ4n) is 7.12. The molecule has 2 aromatic carbocycles. The van der Waals surface area contributed by atoms with Crippen molar-refractivity contribution in [3.63, 3.8) is 0 Å². The first-order chi connectivity index (χ1) is 26.4. The number of methoxy groups -OCH3 is 1. The highest BCUT2D eigenvalue weighted by Gasteiger charge is 2.30. The summed E-state index contributed by atoms with van der Waals surface area (Å²) in [7, 11) is 1.49. The number of fused-ring (bicyclic) bond motifs is 1. The summed E-state index contributed by atoms with van der Waals surface area (Å²) in [6.07, 6.45) is 1.91. The van der Waals surface area contributed by atoms with E-state index in [9.17, 15) is 19.2 Å². The number of hydrogen-bond acceptors (Lipinski definition) is 10. The van der Waals surface area contributed by atoms with E-state index in [0.717, 1.165) is 0 Å². The normalized spacial score (nSPS) is 13.6. The average molecular weight is 751 g/mol. The molecule has 0 aliphatic carbocycles. The van der Waals surface area contributed by atoms with Crippen LogP contribution in [0.25, 0.3) is 22.1 Å². The number of benzene rings is 2. The number of amides is 4. The van der Waals surface area contributed by atoms with Crippen molar-refractivity contribution in [1.29, 1.82) is 0 Å². The van der Waals surface area contributed by atoms with Crippen LogP contribution in [0, 0.1) is 13.8 Å². The zero-order valence-electron chi connectivity index (χ0n) is 31.2. The van der Waals surface area contributed by atoms with Gasteiger partial charge in [0.2, 0.25) is 23.7 Å². The number of carbonyl (C=O) groups is 4. The number of hydrogen-bond donors (Lipinski definition) is 4. The molecule has 0 fully saturated rings. The maximum atomic E-state index is 13.6. The Labute approximate surface area is 314 Å². The first-order valence-electron chi connectivity index (χ1n) is 18.0. The molecule has 0 saturated heterocycles. The van der Waals surface area contributed by atoms with Crippen molar-refractivity contribution >= 4 is 57.6 Å². The van der Waals surface area contributed by atoms with E-state index in [-0.39, 0.29) is 41.5 Å². The number of primary amides is 2. The van der Waals surface area contributed by atoms with Gasteiger partial charge >= 0.3 is 0 Å². The number of nitrogens with zero attached hydrogens (tertiary/aromatic N) is 8. The van der Waals surface area contributed by atoms with Gasteiger partial charge in [-0.15, -0.1) is 0 Å². The minimum absolute atomic E-state index is 0.218. The summed E-state index contributed by atoms with van der Waals surface area (Å²) in [5, 5.41) is 14.7. The maximum Gasteiger partial charge on any atom is 0.276 e. The molecule has 0 unspecified atom stereocenters. The van der Waals surface area contributed by atoms with Gasteiger partial charge in [-0.2, -0.15) is 10.2 Å². The Hall–Kier alpha value is -6.72. The molecule has 0 saturated carbocycles. The number of unbranched alkanes of at least 4 members (excludes halogenated alkanes) is 1. The second-order valence-corrected chi connectivity index (χ2v) is 13.4. The minimum atomic E-state index is -0.639. The third-order valence-electron chi connectivity index (χ3n) is 9.63. The van der Waals surface area contributed by atoms with Gasteiger partial charge in [0.15, 0.2) is 0 Å². The van der Waals surface area contributed by atoms with E-state index in [1.807, 2.05) is 36.8 Å². The first kappa shape index (κ1) is 36.6. The Morgan fingerprint density at radius 3 is 1.95 bits per heavy atom. The zero-order valence-corrected chi connectivity index (χ0v) is 31.2. The highest BCUT2D eigenvalue weighted by molar-refractivity contribution is 6.05. The largest absolute Gasteiger partial charge is 0.494 e. The lowest BCUT2D eigenvalue weighted by atomic mass is 10.1. The quantitative estimate of drug-likeness (QED) is 0.117. The molecule has 0 bridgehead atoms. The molecule has 6 N–H and O–H groups in total. The van der Waals surface area contributed by atoms with Gasteiger partial charge in [0.1, 0.15) is 40.5 Å². The van der Waals surface area contributed by atoms with E-state index in [0.29, 0.717) is 101 Å². The molecule has 4 aromatic heterocycles. The van der Waals surface area contributed by atoms with Crippen LogP contribution in [0.3, 0.4) is 0 Å². The number of nitrogens with two attached hydrogens (primary N) is 2. The Morgan fingerprint density at radius 2 is 1.36 bits per heavy atom. The van der Waals surface area contributed by atoms with Gasteiger partial charge in [-0.3, -0.25) is 39.2 Å². The summed E-state index contributed by atoms with van der Waals surface area (Å²) in [6.45, 7) is 9.12. The average Bonchev–Trinajstić information content (AvgIpc) is 3.93. The topological polar surface area (TPSA) is 234 Å². The number of nitrogens with one attached hydrogen (secondary N) is 2. The molecule has 286 valence electrons. The first-order valence-corrected chi connectivity index (χ1v) is 18.0. The summed E-state index contributed by atoms with van der Waals surface area (Å²) in [5.41, 5.74) is 16.0. The Bertz CT molecular complexity index is 2510. The Morgan fingerprint density at radius 1 is 0.800 bits per heavy atom. The lowest BCUT2D eigenvalue weighted by Crippen LogP contribution is -2.26. The standard InChI is InChI=1S/C37H42N12O6/c1-6-47-26(12-19(3)44-47)34(52)42-36-40-24-14-21(32(38)50)16-28(54-5)30(24)46(36)11-9-8-10-23-18-55-29-17-22(33(39)51)15-25-31(29)49(23)37(41-25)43-35(53)27-13-20(4)45-48(27)7-2/h12-17,23H,6-11,18H2,1-5H3,(H2,38,50)(H2,39,51)(H,40,42,52)(H,41,43,53)/t23-/m0/s1. The molecule has 18 nitrogen and oxygen atoms in total. The van der Waals surface area contributed by atoms with Crippen molar-refractivity contribution in [2.24, 2.45) is 11.5 Å². The van der Waals surface area contributed by atoms with E-state index in [1.165, 1.54) is 7.11 Å². The van der Waals surface area contributed by atoms with Gasteiger partial charge in [0, 0.05) is 30.8 Å².